The standard InChI is InChI=1S/C26H36N4O6S/c1-26(2,3)36-25(34)29(16-19-10-6-4-7-11-19)14-9-5-8-12-21(32)27-20-13-15-30(24(33)28-20)22-18-37-23(17-31)35-22/h4,6-7,10-11,13,15,22-23,31H,5,8-9,12,14,16-18H2,1-3H3,(H,27,28,32,33). The number of aliphatic hydroxyl groups excluding tert-OH is 1. The molecule has 0 aliphatic carbocycles. The maximum absolute atomic E-state index is 12.7. The number of carbonyl (C=O) groups is 2. The van der Waals surface area contributed by atoms with E-state index in [0.717, 1.165) is 18.4 Å². The van der Waals surface area contributed by atoms with Gasteiger partial charge in [-0.1, -0.05) is 36.8 Å². The Morgan fingerprint density at radius 2 is 1.97 bits per heavy atom. The van der Waals surface area contributed by atoms with Crippen LogP contribution in [0.4, 0.5) is 10.6 Å². The molecule has 37 heavy (non-hydrogen) atoms. The maximum atomic E-state index is 12.7. The average molecular weight is 533 g/mol. The second-order valence-electron chi connectivity index (χ2n) is 9.79. The number of carbonyl (C=O) groups excluding carboxylic acids is 2. The van der Waals surface area contributed by atoms with Crippen LogP contribution in [0, 0.1) is 0 Å². The number of nitrogens with one attached hydrogen (secondary N) is 1. The molecular formula is C26H36N4O6S. The minimum Gasteiger partial charge on any atom is -0.444 e. The summed E-state index contributed by atoms with van der Waals surface area (Å²) in [5.41, 5.74) is -0.439. The first-order chi connectivity index (χ1) is 17.6. The van der Waals surface area contributed by atoms with Gasteiger partial charge in [0, 0.05) is 31.5 Å². The van der Waals surface area contributed by atoms with Gasteiger partial charge < -0.3 is 24.8 Å². The third kappa shape index (κ3) is 9.49. The Morgan fingerprint density at radius 3 is 2.62 bits per heavy atom. The Morgan fingerprint density at radius 1 is 1.22 bits per heavy atom. The first-order valence-corrected chi connectivity index (χ1v) is 13.5. The molecule has 2 N–H and O–H groups in total. The second kappa shape index (κ2) is 13.6. The van der Waals surface area contributed by atoms with E-state index in [1.54, 1.807) is 11.0 Å². The molecule has 2 aromatic rings. The van der Waals surface area contributed by atoms with Crippen LogP contribution in [0.15, 0.2) is 47.4 Å². The lowest BCUT2D eigenvalue weighted by Crippen LogP contribution is -2.37. The summed E-state index contributed by atoms with van der Waals surface area (Å²) >= 11 is 1.43. The molecule has 1 aliphatic heterocycles. The van der Waals surface area contributed by atoms with E-state index in [1.807, 2.05) is 51.1 Å². The van der Waals surface area contributed by atoms with Crippen LogP contribution in [0.1, 0.15) is 58.2 Å². The van der Waals surface area contributed by atoms with Gasteiger partial charge >= 0.3 is 11.8 Å². The summed E-state index contributed by atoms with van der Waals surface area (Å²) in [6, 6.07) is 11.3. The van der Waals surface area contributed by atoms with Crippen LogP contribution in [-0.4, -0.2) is 61.5 Å². The van der Waals surface area contributed by atoms with Crippen LogP contribution < -0.4 is 11.0 Å². The van der Waals surface area contributed by atoms with Crippen molar-refractivity contribution < 1.29 is 24.2 Å². The van der Waals surface area contributed by atoms with Gasteiger partial charge in [-0.2, -0.15) is 4.98 Å². The molecule has 1 aromatic carbocycles. The third-order valence-electron chi connectivity index (χ3n) is 5.49. The highest BCUT2D eigenvalue weighted by Crippen LogP contribution is 2.30. The number of thioether (sulfide) groups is 1. The molecule has 0 bridgehead atoms. The first-order valence-electron chi connectivity index (χ1n) is 12.4. The Balaban J connectivity index is 1.43. The zero-order chi connectivity index (χ0) is 26.8. The molecule has 2 atom stereocenters. The molecule has 1 saturated heterocycles. The molecule has 0 spiro atoms. The smallest absolute Gasteiger partial charge is 0.410 e. The van der Waals surface area contributed by atoms with Crippen molar-refractivity contribution in [3.63, 3.8) is 0 Å². The van der Waals surface area contributed by atoms with E-state index in [0.29, 0.717) is 25.3 Å². The van der Waals surface area contributed by atoms with Crippen LogP contribution in [0.5, 0.6) is 0 Å². The molecule has 10 nitrogen and oxygen atoms in total. The Hall–Kier alpha value is -2.89. The topological polar surface area (TPSA) is 123 Å². The van der Waals surface area contributed by atoms with Crippen LogP contribution in [0.3, 0.4) is 0 Å². The van der Waals surface area contributed by atoms with E-state index in [1.165, 1.54) is 22.5 Å². The number of amides is 2. The number of aromatic nitrogens is 2. The first kappa shape index (κ1) is 28.7. The Kier molecular flexibility index (Phi) is 10.5. The molecular weight excluding hydrogens is 496 g/mol. The van der Waals surface area contributed by atoms with Gasteiger partial charge in [-0.05, 0) is 45.2 Å². The summed E-state index contributed by atoms with van der Waals surface area (Å²) in [7, 11) is 0. The van der Waals surface area contributed by atoms with Crippen molar-refractivity contribution in [1.29, 1.82) is 0 Å². The minimum absolute atomic E-state index is 0.121. The number of nitrogens with zero attached hydrogens (tertiary/aromatic N) is 3. The summed E-state index contributed by atoms with van der Waals surface area (Å²) in [6.45, 7) is 6.38. The Labute approximate surface area is 221 Å². The highest BCUT2D eigenvalue weighted by atomic mass is 32.2. The minimum atomic E-state index is -0.580. The van der Waals surface area contributed by atoms with Gasteiger partial charge in [0.1, 0.15) is 23.1 Å². The molecule has 1 aromatic heterocycles. The van der Waals surface area contributed by atoms with E-state index < -0.39 is 17.5 Å². The van der Waals surface area contributed by atoms with Gasteiger partial charge in [0.25, 0.3) is 0 Å². The zero-order valence-corrected chi connectivity index (χ0v) is 22.4. The van der Waals surface area contributed by atoms with Gasteiger partial charge in [-0.25, -0.2) is 9.59 Å². The van der Waals surface area contributed by atoms with Crippen molar-refractivity contribution in [2.45, 2.75) is 70.3 Å². The SMILES string of the molecule is CC(C)(C)OC(=O)N(CCCCCC(=O)Nc1ccn(C2CSC(CO)O2)c(=O)n1)Cc1ccccc1. The van der Waals surface area contributed by atoms with Crippen molar-refractivity contribution in [3.8, 4) is 0 Å². The Bertz CT molecular complexity index is 1090. The van der Waals surface area contributed by atoms with Crippen molar-refractivity contribution in [2.75, 3.05) is 24.2 Å². The number of aliphatic hydroxyl groups is 1. The third-order valence-corrected chi connectivity index (χ3v) is 6.60. The molecule has 0 saturated carbocycles. The quantitative estimate of drug-likeness (QED) is 0.420. The second-order valence-corrected chi connectivity index (χ2v) is 11.0. The maximum Gasteiger partial charge on any atom is 0.410 e. The van der Waals surface area contributed by atoms with Crippen molar-refractivity contribution in [2.24, 2.45) is 0 Å². The molecule has 2 heterocycles. The number of unbranched alkanes of at least 4 members (excludes halogenated alkanes) is 2. The van der Waals surface area contributed by atoms with Crippen molar-refractivity contribution in [1.82, 2.24) is 14.5 Å². The van der Waals surface area contributed by atoms with Crippen molar-refractivity contribution >= 4 is 29.6 Å². The van der Waals surface area contributed by atoms with Gasteiger partial charge in [0.05, 0.1) is 6.61 Å². The predicted molar refractivity (Wildman–Crippen MR) is 142 cm³/mol. The number of anilines is 1. The summed E-state index contributed by atoms with van der Waals surface area (Å²) in [6.07, 6.45) is 3.06. The molecule has 1 fully saturated rings. The van der Waals surface area contributed by atoms with Gasteiger partial charge in [-0.3, -0.25) is 9.36 Å². The number of benzene rings is 1. The van der Waals surface area contributed by atoms with Crippen LogP contribution in [-0.2, 0) is 20.8 Å². The number of rotatable bonds is 11. The lowest BCUT2D eigenvalue weighted by molar-refractivity contribution is -0.116. The van der Waals surface area contributed by atoms with Crippen LogP contribution in [0.2, 0.25) is 0 Å². The van der Waals surface area contributed by atoms with E-state index in [2.05, 4.69) is 10.3 Å². The van der Waals surface area contributed by atoms with E-state index in [9.17, 15) is 19.5 Å². The molecule has 1 aliphatic rings. The molecule has 2 unspecified atom stereocenters. The fourth-order valence-electron chi connectivity index (χ4n) is 3.72. The van der Waals surface area contributed by atoms with Gasteiger partial charge in [0.15, 0.2) is 0 Å². The monoisotopic (exact) mass is 532 g/mol. The lowest BCUT2D eigenvalue weighted by Gasteiger charge is -2.27. The normalized spacial score (nSPS) is 17.4. The van der Waals surface area contributed by atoms with Gasteiger partial charge in [0.2, 0.25) is 5.91 Å². The fourth-order valence-corrected chi connectivity index (χ4v) is 4.65. The van der Waals surface area contributed by atoms with E-state index in [4.69, 9.17) is 9.47 Å². The van der Waals surface area contributed by atoms with E-state index >= 15 is 0 Å². The highest BCUT2D eigenvalue weighted by Gasteiger charge is 2.27. The summed E-state index contributed by atoms with van der Waals surface area (Å²) in [5, 5.41) is 11.8. The molecule has 202 valence electrons. The molecule has 2 amide bonds. The molecule has 3 rings (SSSR count). The van der Waals surface area contributed by atoms with E-state index in [-0.39, 0.29) is 36.3 Å². The predicted octanol–water partition coefficient (Wildman–Crippen LogP) is 3.76. The average Bonchev–Trinajstić information content (AvgIpc) is 3.32. The summed E-state index contributed by atoms with van der Waals surface area (Å²) in [4.78, 5) is 43.0. The lowest BCUT2D eigenvalue weighted by atomic mass is 10.1. The largest absolute Gasteiger partial charge is 0.444 e. The summed E-state index contributed by atoms with van der Waals surface area (Å²) < 4.78 is 12.5. The molecule has 0 radical (unpaired) electrons. The van der Waals surface area contributed by atoms with Crippen LogP contribution >= 0.6 is 11.8 Å². The molecule has 11 heteroatoms. The number of hydrogen-bond donors (Lipinski definition) is 2. The number of ether oxygens (including phenoxy) is 2. The summed E-state index contributed by atoms with van der Waals surface area (Å²) in [5.74, 6) is 0.496. The zero-order valence-electron chi connectivity index (χ0n) is 21.6. The fraction of sp³-hybridized carbons (Fsp3) is 0.538. The van der Waals surface area contributed by atoms with Gasteiger partial charge in [-0.15, -0.1) is 11.8 Å². The highest BCUT2D eigenvalue weighted by molar-refractivity contribution is 8.00. The number of hydrogen-bond acceptors (Lipinski definition) is 8. The van der Waals surface area contributed by atoms with Crippen LogP contribution in [0.25, 0.3) is 0 Å². The van der Waals surface area contributed by atoms with Crippen molar-refractivity contribution in [3.05, 3.63) is 58.6 Å².